The minimum absolute atomic E-state index is 0.0132. The smallest absolute Gasteiger partial charge is 0.260 e. The SMILES string of the molecule is Cc1ccccc1OCC(=O)N1CC(C(N)=O)CCC1C. The summed E-state index contributed by atoms with van der Waals surface area (Å²) in [5, 5.41) is 0. The van der Waals surface area contributed by atoms with Gasteiger partial charge in [-0.1, -0.05) is 18.2 Å². The largest absolute Gasteiger partial charge is 0.484 e. The molecule has 1 fully saturated rings. The number of rotatable bonds is 4. The van der Waals surface area contributed by atoms with E-state index < -0.39 is 0 Å². The van der Waals surface area contributed by atoms with E-state index in [1.807, 2.05) is 38.1 Å². The molecule has 5 nitrogen and oxygen atoms in total. The van der Waals surface area contributed by atoms with Gasteiger partial charge < -0.3 is 15.4 Å². The number of piperidine rings is 1. The molecule has 2 atom stereocenters. The Hall–Kier alpha value is -2.04. The molecule has 1 aliphatic rings. The van der Waals surface area contributed by atoms with Gasteiger partial charge in [-0.15, -0.1) is 0 Å². The highest BCUT2D eigenvalue weighted by Crippen LogP contribution is 2.22. The van der Waals surface area contributed by atoms with Gasteiger partial charge in [-0.05, 0) is 38.3 Å². The van der Waals surface area contributed by atoms with E-state index in [1.54, 1.807) is 4.90 Å². The van der Waals surface area contributed by atoms with E-state index in [9.17, 15) is 9.59 Å². The molecule has 1 aromatic carbocycles. The van der Waals surface area contributed by atoms with Crippen LogP contribution < -0.4 is 10.5 Å². The number of likely N-dealkylation sites (tertiary alicyclic amines) is 1. The van der Waals surface area contributed by atoms with E-state index in [0.717, 1.165) is 18.4 Å². The Morgan fingerprint density at radius 1 is 1.33 bits per heavy atom. The average Bonchev–Trinajstić information content (AvgIpc) is 2.46. The minimum atomic E-state index is -0.334. The van der Waals surface area contributed by atoms with Crippen LogP contribution in [-0.2, 0) is 9.59 Å². The Balaban J connectivity index is 1.95. The molecule has 1 heterocycles. The number of ether oxygens (including phenoxy) is 1. The normalized spacial score (nSPS) is 21.9. The summed E-state index contributed by atoms with van der Waals surface area (Å²) in [6, 6.07) is 7.70. The Morgan fingerprint density at radius 3 is 2.71 bits per heavy atom. The van der Waals surface area contributed by atoms with Crippen molar-refractivity contribution in [1.82, 2.24) is 4.90 Å². The molecule has 2 amide bonds. The number of aryl methyl sites for hydroxylation is 1. The third kappa shape index (κ3) is 3.74. The van der Waals surface area contributed by atoms with Crippen LogP contribution in [0.5, 0.6) is 5.75 Å². The molecule has 0 radical (unpaired) electrons. The summed E-state index contributed by atoms with van der Waals surface area (Å²) in [6.07, 6.45) is 1.54. The van der Waals surface area contributed by atoms with E-state index in [-0.39, 0.29) is 30.4 Å². The van der Waals surface area contributed by atoms with Crippen molar-refractivity contribution in [2.24, 2.45) is 11.7 Å². The molecule has 0 saturated carbocycles. The molecule has 2 rings (SSSR count). The summed E-state index contributed by atoms with van der Waals surface area (Å²) in [6.45, 7) is 4.31. The van der Waals surface area contributed by atoms with Crippen molar-refractivity contribution in [3.05, 3.63) is 29.8 Å². The molecule has 0 bridgehead atoms. The van der Waals surface area contributed by atoms with Crippen LogP contribution in [0.2, 0.25) is 0 Å². The fourth-order valence-corrected chi connectivity index (χ4v) is 2.63. The highest BCUT2D eigenvalue weighted by atomic mass is 16.5. The molecular formula is C16H22N2O3. The molecular weight excluding hydrogens is 268 g/mol. The number of para-hydroxylation sites is 1. The van der Waals surface area contributed by atoms with Gasteiger partial charge in [0.15, 0.2) is 6.61 Å². The first-order valence-corrected chi connectivity index (χ1v) is 7.26. The Bertz CT molecular complexity index is 530. The summed E-state index contributed by atoms with van der Waals surface area (Å²) in [4.78, 5) is 25.3. The van der Waals surface area contributed by atoms with Gasteiger partial charge in [-0.25, -0.2) is 0 Å². The van der Waals surface area contributed by atoms with Crippen molar-refractivity contribution in [2.75, 3.05) is 13.2 Å². The van der Waals surface area contributed by atoms with Crippen LogP contribution in [-0.4, -0.2) is 35.9 Å². The highest BCUT2D eigenvalue weighted by Gasteiger charge is 2.31. The number of hydrogen-bond donors (Lipinski definition) is 1. The van der Waals surface area contributed by atoms with Gasteiger partial charge in [0.2, 0.25) is 5.91 Å². The lowest BCUT2D eigenvalue weighted by molar-refractivity contribution is -0.139. The van der Waals surface area contributed by atoms with Crippen molar-refractivity contribution in [2.45, 2.75) is 32.7 Å². The number of nitrogens with zero attached hydrogens (tertiary/aromatic N) is 1. The van der Waals surface area contributed by atoms with Crippen LogP contribution >= 0.6 is 0 Å². The molecule has 5 heteroatoms. The van der Waals surface area contributed by atoms with Crippen LogP contribution in [0.25, 0.3) is 0 Å². The first-order chi connectivity index (χ1) is 9.99. The first-order valence-electron chi connectivity index (χ1n) is 7.26. The van der Waals surface area contributed by atoms with E-state index in [2.05, 4.69) is 0 Å². The number of benzene rings is 1. The number of carbonyl (C=O) groups is 2. The Labute approximate surface area is 125 Å². The number of hydrogen-bond acceptors (Lipinski definition) is 3. The minimum Gasteiger partial charge on any atom is -0.484 e. The second kappa shape index (κ2) is 6.61. The summed E-state index contributed by atoms with van der Waals surface area (Å²) >= 11 is 0. The molecule has 1 aromatic rings. The maximum Gasteiger partial charge on any atom is 0.260 e. The van der Waals surface area contributed by atoms with E-state index in [1.165, 1.54) is 0 Å². The van der Waals surface area contributed by atoms with Gasteiger partial charge in [-0.3, -0.25) is 9.59 Å². The van der Waals surface area contributed by atoms with Crippen LogP contribution in [0.3, 0.4) is 0 Å². The van der Waals surface area contributed by atoms with Gasteiger partial charge in [-0.2, -0.15) is 0 Å². The topological polar surface area (TPSA) is 72.6 Å². The quantitative estimate of drug-likeness (QED) is 0.913. The van der Waals surface area contributed by atoms with Crippen LogP contribution in [0.4, 0.5) is 0 Å². The zero-order chi connectivity index (χ0) is 15.4. The number of primary amides is 1. The van der Waals surface area contributed by atoms with E-state index in [4.69, 9.17) is 10.5 Å². The molecule has 2 N–H and O–H groups in total. The van der Waals surface area contributed by atoms with Crippen molar-refractivity contribution in [1.29, 1.82) is 0 Å². The maximum absolute atomic E-state index is 12.3. The van der Waals surface area contributed by atoms with Gasteiger partial charge in [0.05, 0.1) is 5.92 Å². The van der Waals surface area contributed by atoms with Crippen molar-refractivity contribution in [3.8, 4) is 5.75 Å². The molecule has 0 spiro atoms. The van der Waals surface area contributed by atoms with Crippen molar-refractivity contribution < 1.29 is 14.3 Å². The standard InChI is InChI=1S/C16H22N2O3/c1-11-5-3-4-6-14(11)21-10-15(19)18-9-13(16(17)20)8-7-12(18)2/h3-6,12-13H,7-10H2,1-2H3,(H2,17,20). The third-order valence-corrected chi connectivity index (χ3v) is 4.05. The summed E-state index contributed by atoms with van der Waals surface area (Å²) < 4.78 is 5.59. The Kier molecular flexibility index (Phi) is 4.83. The fourth-order valence-electron chi connectivity index (χ4n) is 2.63. The average molecular weight is 290 g/mol. The second-order valence-electron chi connectivity index (χ2n) is 5.63. The van der Waals surface area contributed by atoms with Gasteiger partial charge in [0.1, 0.15) is 5.75 Å². The number of amides is 2. The summed E-state index contributed by atoms with van der Waals surface area (Å²) in [5.74, 6) is 0.0294. The lowest BCUT2D eigenvalue weighted by atomic mass is 9.93. The van der Waals surface area contributed by atoms with Crippen LogP contribution in [0.1, 0.15) is 25.3 Å². The van der Waals surface area contributed by atoms with Crippen molar-refractivity contribution in [3.63, 3.8) is 0 Å². The monoisotopic (exact) mass is 290 g/mol. The lowest BCUT2D eigenvalue weighted by Crippen LogP contribution is -2.50. The van der Waals surface area contributed by atoms with E-state index >= 15 is 0 Å². The predicted octanol–water partition coefficient (Wildman–Crippen LogP) is 1.49. The third-order valence-electron chi connectivity index (χ3n) is 4.05. The van der Waals surface area contributed by atoms with E-state index in [0.29, 0.717) is 12.3 Å². The molecule has 2 unspecified atom stereocenters. The summed E-state index contributed by atoms with van der Waals surface area (Å²) in [7, 11) is 0. The van der Waals surface area contributed by atoms with Gasteiger partial charge in [0, 0.05) is 12.6 Å². The zero-order valence-corrected chi connectivity index (χ0v) is 12.5. The zero-order valence-electron chi connectivity index (χ0n) is 12.5. The summed E-state index contributed by atoms with van der Waals surface area (Å²) in [5.41, 5.74) is 6.34. The number of carbonyl (C=O) groups excluding carboxylic acids is 2. The molecule has 1 saturated heterocycles. The molecule has 0 aliphatic carbocycles. The number of nitrogens with two attached hydrogens (primary N) is 1. The highest BCUT2D eigenvalue weighted by molar-refractivity contribution is 5.81. The van der Waals surface area contributed by atoms with Gasteiger partial charge in [0.25, 0.3) is 5.91 Å². The first kappa shape index (κ1) is 15.4. The van der Waals surface area contributed by atoms with Crippen LogP contribution in [0.15, 0.2) is 24.3 Å². The van der Waals surface area contributed by atoms with Gasteiger partial charge >= 0.3 is 0 Å². The van der Waals surface area contributed by atoms with Crippen LogP contribution in [0, 0.1) is 12.8 Å². The molecule has 0 aromatic heterocycles. The maximum atomic E-state index is 12.3. The molecule has 21 heavy (non-hydrogen) atoms. The molecule has 114 valence electrons. The fraction of sp³-hybridized carbons (Fsp3) is 0.500. The molecule has 1 aliphatic heterocycles. The second-order valence-corrected chi connectivity index (χ2v) is 5.63. The lowest BCUT2D eigenvalue weighted by Gasteiger charge is -2.36. The predicted molar refractivity (Wildman–Crippen MR) is 79.8 cm³/mol. The Morgan fingerprint density at radius 2 is 2.05 bits per heavy atom. The van der Waals surface area contributed by atoms with Crippen molar-refractivity contribution >= 4 is 11.8 Å².